The van der Waals surface area contributed by atoms with Crippen molar-refractivity contribution >= 4 is 17.3 Å². The highest BCUT2D eigenvalue weighted by Crippen LogP contribution is 2.29. The maximum Gasteiger partial charge on any atom is 0.223 e. The number of oxime groups is 1. The fourth-order valence-corrected chi connectivity index (χ4v) is 4.74. The predicted molar refractivity (Wildman–Crippen MR) is 130 cm³/mol. The maximum atomic E-state index is 13.2. The molecule has 1 aliphatic carbocycles. The number of anilines is 1. The number of hydrogen-bond acceptors (Lipinski definition) is 4. The molecule has 1 unspecified atom stereocenters. The zero-order valence-corrected chi connectivity index (χ0v) is 19.4. The smallest absolute Gasteiger partial charge is 0.223 e. The van der Waals surface area contributed by atoms with Crippen LogP contribution in [0.5, 0.6) is 0 Å². The number of carbonyl (C=O) groups is 1. The van der Waals surface area contributed by atoms with Crippen molar-refractivity contribution in [3.63, 3.8) is 0 Å². The molecular weight excluding hydrogens is 398 g/mol. The lowest BCUT2D eigenvalue weighted by atomic mass is 10.0. The standard InChI is InChI=1S/C27H35N3O2/c1-29(2)24-15-13-23(14-16-24)26-18-25(32-28-26)20-30(19-22-10-4-3-5-11-22)27(31)17-12-21-8-6-7-9-21/h3-5,10-11,13-16,21,25H,6-9,12,17-20H2,1-2H3. The number of hydrogen-bond donors (Lipinski definition) is 0. The minimum absolute atomic E-state index is 0.0994. The third-order valence-electron chi connectivity index (χ3n) is 6.68. The van der Waals surface area contributed by atoms with E-state index in [1.165, 1.54) is 25.7 Å². The average molecular weight is 434 g/mol. The van der Waals surface area contributed by atoms with Gasteiger partial charge in [0.15, 0.2) is 6.10 Å². The lowest BCUT2D eigenvalue weighted by Gasteiger charge is -2.25. The molecule has 170 valence electrons. The van der Waals surface area contributed by atoms with Gasteiger partial charge < -0.3 is 14.6 Å². The second-order valence-electron chi connectivity index (χ2n) is 9.36. The molecule has 0 aromatic heterocycles. The molecule has 0 spiro atoms. The molecule has 32 heavy (non-hydrogen) atoms. The molecule has 0 N–H and O–H groups in total. The molecule has 0 bridgehead atoms. The molecule has 0 saturated heterocycles. The first-order chi connectivity index (χ1) is 15.6. The van der Waals surface area contributed by atoms with Gasteiger partial charge in [-0.3, -0.25) is 4.79 Å². The molecular formula is C27H35N3O2. The van der Waals surface area contributed by atoms with Crippen molar-refractivity contribution in [3.05, 3.63) is 65.7 Å². The highest BCUT2D eigenvalue weighted by Gasteiger charge is 2.27. The molecule has 1 aliphatic heterocycles. The van der Waals surface area contributed by atoms with Crippen LogP contribution in [0, 0.1) is 5.92 Å². The Balaban J connectivity index is 1.37. The van der Waals surface area contributed by atoms with Crippen molar-refractivity contribution in [3.8, 4) is 0 Å². The Labute approximate surface area is 192 Å². The molecule has 1 saturated carbocycles. The Morgan fingerprint density at radius 3 is 2.44 bits per heavy atom. The number of benzene rings is 2. The maximum absolute atomic E-state index is 13.2. The van der Waals surface area contributed by atoms with Crippen LogP contribution in [0.3, 0.4) is 0 Å². The molecule has 4 rings (SSSR count). The van der Waals surface area contributed by atoms with Crippen LogP contribution in [-0.4, -0.2) is 43.3 Å². The minimum Gasteiger partial charge on any atom is -0.390 e. The van der Waals surface area contributed by atoms with Crippen LogP contribution in [0.2, 0.25) is 0 Å². The van der Waals surface area contributed by atoms with E-state index in [2.05, 4.69) is 46.5 Å². The van der Waals surface area contributed by atoms with Crippen molar-refractivity contribution in [1.82, 2.24) is 4.90 Å². The lowest BCUT2D eigenvalue weighted by molar-refractivity contribution is -0.134. The molecule has 1 heterocycles. The Kier molecular flexibility index (Phi) is 7.46. The van der Waals surface area contributed by atoms with Crippen LogP contribution in [0.15, 0.2) is 59.8 Å². The number of rotatable bonds is 9. The van der Waals surface area contributed by atoms with Crippen molar-refractivity contribution in [1.29, 1.82) is 0 Å². The Morgan fingerprint density at radius 1 is 1.03 bits per heavy atom. The van der Waals surface area contributed by atoms with Gasteiger partial charge in [0.25, 0.3) is 0 Å². The Hall–Kier alpha value is -2.82. The molecule has 1 amide bonds. The molecule has 1 fully saturated rings. The van der Waals surface area contributed by atoms with E-state index in [0.717, 1.165) is 41.3 Å². The second-order valence-corrected chi connectivity index (χ2v) is 9.36. The van der Waals surface area contributed by atoms with E-state index in [0.29, 0.717) is 19.5 Å². The molecule has 5 heteroatoms. The highest BCUT2D eigenvalue weighted by atomic mass is 16.6. The number of amides is 1. The van der Waals surface area contributed by atoms with Crippen LogP contribution in [0.1, 0.15) is 56.1 Å². The van der Waals surface area contributed by atoms with Crippen LogP contribution >= 0.6 is 0 Å². The third kappa shape index (κ3) is 5.90. The van der Waals surface area contributed by atoms with Crippen molar-refractivity contribution < 1.29 is 9.63 Å². The number of carbonyl (C=O) groups excluding carboxylic acids is 1. The van der Waals surface area contributed by atoms with Gasteiger partial charge in [0.2, 0.25) is 5.91 Å². The minimum atomic E-state index is -0.0994. The van der Waals surface area contributed by atoms with Crippen molar-refractivity contribution in [2.75, 3.05) is 25.5 Å². The third-order valence-corrected chi connectivity index (χ3v) is 6.68. The van der Waals surface area contributed by atoms with Crippen LogP contribution < -0.4 is 4.90 Å². The first-order valence-electron chi connectivity index (χ1n) is 11.9. The van der Waals surface area contributed by atoms with E-state index in [1.54, 1.807) is 0 Å². The fraction of sp³-hybridized carbons (Fsp3) is 0.481. The Bertz CT molecular complexity index is 902. The van der Waals surface area contributed by atoms with Gasteiger partial charge in [0, 0.05) is 39.2 Å². The van der Waals surface area contributed by atoms with Crippen LogP contribution in [0.4, 0.5) is 5.69 Å². The molecule has 5 nitrogen and oxygen atoms in total. The van der Waals surface area contributed by atoms with E-state index in [-0.39, 0.29) is 12.0 Å². The van der Waals surface area contributed by atoms with E-state index in [1.807, 2.05) is 37.2 Å². The van der Waals surface area contributed by atoms with Gasteiger partial charge in [-0.1, -0.05) is 73.3 Å². The molecule has 2 aromatic rings. The SMILES string of the molecule is CN(C)c1ccc(C2=NOC(CN(Cc3ccccc3)C(=O)CCC3CCCC3)C2)cc1. The van der Waals surface area contributed by atoms with E-state index in [9.17, 15) is 4.79 Å². The number of nitrogens with zero attached hydrogens (tertiary/aromatic N) is 3. The second kappa shape index (κ2) is 10.7. The molecule has 2 aromatic carbocycles. The molecule has 1 atom stereocenters. The van der Waals surface area contributed by atoms with E-state index in [4.69, 9.17) is 4.84 Å². The summed E-state index contributed by atoms with van der Waals surface area (Å²) < 4.78 is 0. The summed E-state index contributed by atoms with van der Waals surface area (Å²) in [6, 6.07) is 18.6. The van der Waals surface area contributed by atoms with Crippen molar-refractivity contribution in [2.45, 2.75) is 57.6 Å². The summed E-state index contributed by atoms with van der Waals surface area (Å²) in [5.74, 6) is 0.952. The van der Waals surface area contributed by atoms with Gasteiger partial charge in [0.05, 0.1) is 12.3 Å². The van der Waals surface area contributed by atoms with Gasteiger partial charge in [0.1, 0.15) is 0 Å². The van der Waals surface area contributed by atoms with Gasteiger partial charge in [-0.25, -0.2) is 0 Å². The van der Waals surface area contributed by atoms with Crippen molar-refractivity contribution in [2.24, 2.45) is 11.1 Å². The van der Waals surface area contributed by atoms with Gasteiger partial charge in [-0.2, -0.15) is 0 Å². The summed E-state index contributed by atoms with van der Waals surface area (Å²) in [7, 11) is 4.07. The molecule has 2 aliphatic rings. The zero-order valence-electron chi connectivity index (χ0n) is 19.4. The highest BCUT2D eigenvalue weighted by molar-refractivity contribution is 6.01. The summed E-state index contributed by atoms with van der Waals surface area (Å²) in [6.45, 7) is 1.19. The summed E-state index contributed by atoms with van der Waals surface area (Å²) >= 11 is 0. The van der Waals surface area contributed by atoms with Crippen LogP contribution in [0.25, 0.3) is 0 Å². The first kappa shape index (κ1) is 22.4. The van der Waals surface area contributed by atoms with E-state index < -0.39 is 0 Å². The fourth-order valence-electron chi connectivity index (χ4n) is 4.74. The monoisotopic (exact) mass is 433 g/mol. The average Bonchev–Trinajstić information content (AvgIpc) is 3.50. The summed E-state index contributed by atoms with van der Waals surface area (Å²) in [6.07, 6.45) is 7.46. The summed E-state index contributed by atoms with van der Waals surface area (Å²) in [5, 5.41) is 4.36. The largest absolute Gasteiger partial charge is 0.390 e. The summed E-state index contributed by atoms with van der Waals surface area (Å²) in [5.41, 5.74) is 4.35. The quantitative estimate of drug-likeness (QED) is 0.543. The lowest BCUT2D eigenvalue weighted by Crippen LogP contribution is -2.37. The van der Waals surface area contributed by atoms with Gasteiger partial charge in [-0.05, 0) is 35.6 Å². The zero-order chi connectivity index (χ0) is 22.3. The predicted octanol–water partition coefficient (Wildman–Crippen LogP) is 5.24. The topological polar surface area (TPSA) is 45.1 Å². The van der Waals surface area contributed by atoms with Gasteiger partial charge >= 0.3 is 0 Å². The first-order valence-corrected chi connectivity index (χ1v) is 11.9. The Morgan fingerprint density at radius 2 is 1.75 bits per heavy atom. The summed E-state index contributed by atoms with van der Waals surface area (Å²) in [4.78, 5) is 23.0. The molecule has 0 radical (unpaired) electrons. The van der Waals surface area contributed by atoms with Crippen LogP contribution in [-0.2, 0) is 16.2 Å². The van der Waals surface area contributed by atoms with E-state index >= 15 is 0 Å². The van der Waals surface area contributed by atoms with Gasteiger partial charge in [-0.15, -0.1) is 0 Å². The normalized spacial score (nSPS) is 18.3.